The van der Waals surface area contributed by atoms with Gasteiger partial charge in [-0.3, -0.25) is 0 Å². The van der Waals surface area contributed by atoms with E-state index < -0.39 is 32.9 Å². The van der Waals surface area contributed by atoms with Gasteiger partial charge < -0.3 is 8.75 Å². The molecule has 0 fully saturated rings. The molecule has 20 heavy (non-hydrogen) atoms. The van der Waals surface area contributed by atoms with Crippen molar-refractivity contribution in [3.05, 3.63) is 24.0 Å². The molecule has 1 unspecified atom stereocenters. The molecular weight excluding hydrogens is 311 g/mol. The maximum Gasteiger partial charge on any atom is 0.121 e. The molecule has 0 aliphatic rings. The Balaban J connectivity index is 5.79. The molecule has 2 nitrogen and oxygen atoms in total. The van der Waals surface area contributed by atoms with Gasteiger partial charge in [-0.2, -0.15) is 0 Å². The molecule has 0 heterocycles. The number of hydrogen-bond donors (Lipinski definition) is 1. The minimum Gasteiger partial charge on any atom is -0.309 e. The number of rotatable bonds is 7. The molecule has 0 aliphatic carbocycles. The van der Waals surface area contributed by atoms with Gasteiger partial charge in [0.1, 0.15) is 24.7 Å². The minimum absolute atomic E-state index is 0.514. The molecule has 118 valence electrons. The van der Waals surface area contributed by atoms with Crippen LogP contribution in [-0.4, -0.2) is 28.7 Å². The fraction of sp³-hybridized carbons (Fsp3) is 0.714. The van der Waals surface area contributed by atoms with Crippen molar-refractivity contribution in [3.63, 3.8) is 0 Å². The van der Waals surface area contributed by atoms with Crippen LogP contribution >= 0.6 is 8.22 Å². The SMILES string of the molecule is C=C(C)C(=C)P(N[Si](C)(C)C)N([Si](C)(C)C)[Si](C)(C)C. The summed E-state index contributed by atoms with van der Waals surface area (Å²) in [4.78, 5) is 0. The zero-order valence-corrected chi connectivity index (χ0v) is 19.2. The van der Waals surface area contributed by atoms with Crippen LogP contribution in [0.2, 0.25) is 58.9 Å². The fourth-order valence-corrected chi connectivity index (χ4v) is 20.9. The van der Waals surface area contributed by atoms with E-state index in [4.69, 9.17) is 0 Å². The highest BCUT2D eigenvalue weighted by Crippen LogP contribution is 2.53. The summed E-state index contributed by atoms with van der Waals surface area (Å²) in [5.74, 6) is 0. The van der Waals surface area contributed by atoms with E-state index in [-0.39, 0.29) is 0 Å². The van der Waals surface area contributed by atoms with Crippen LogP contribution in [0.5, 0.6) is 0 Å². The molecule has 0 aliphatic heterocycles. The van der Waals surface area contributed by atoms with E-state index in [0.717, 1.165) is 5.57 Å². The first-order valence-corrected chi connectivity index (χ1v) is 19.0. The van der Waals surface area contributed by atoms with E-state index in [9.17, 15) is 0 Å². The summed E-state index contributed by atoms with van der Waals surface area (Å²) >= 11 is 0. The van der Waals surface area contributed by atoms with E-state index in [1.165, 1.54) is 5.31 Å². The molecule has 1 N–H and O–H groups in total. The standard InChI is InChI=1S/C14H35N2PSi3/c1-13(2)14(3)17(15-18(4,5)6)16(19(7,8)9)20(10,11)12/h15H,1,3H2,2,4-12H3. The van der Waals surface area contributed by atoms with Crippen LogP contribution in [0.15, 0.2) is 24.0 Å². The van der Waals surface area contributed by atoms with Gasteiger partial charge in [0.2, 0.25) is 0 Å². The molecule has 0 aromatic carbocycles. The second kappa shape index (κ2) is 6.71. The van der Waals surface area contributed by atoms with Gasteiger partial charge in [-0.1, -0.05) is 72.1 Å². The zero-order chi connectivity index (χ0) is 16.5. The summed E-state index contributed by atoms with van der Waals surface area (Å²) in [5.41, 5.74) is 1.13. The molecular formula is C14H35N2PSi3. The third-order valence-electron chi connectivity index (χ3n) is 2.66. The lowest BCUT2D eigenvalue weighted by atomic mass is 10.3. The van der Waals surface area contributed by atoms with Crippen molar-refractivity contribution >= 4 is 32.9 Å². The van der Waals surface area contributed by atoms with Crippen LogP contribution in [-0.2, 0) is 0 Å². The molecule has 0 radical (unpaired) electrons. The summed E-state index contributed by atoms with van der Waals surface area (Å²) in [6.45, 7) is 32.5. The van der Waals surface area contributed by atoms with Crippen LogP contribution in [0.1, 0.15) is 6.92 Å². The van der Waals surface area contributed by atoms with Crippen molar-refractivity contribution in [3.8, 4) is 0 Å². The van der Waals surface area contributed by atoms with E-state index in [1.54, 1.807) is 0 Å². The van der Waals surface area contributed by atoms with Gasteiger partial charge in [-0.05, 0) is 17.8 Å². The first-order chi connectivity index (χ1) is 8.57. The second-order valence-electron chi connectivity index (χ2n) is 8.55. The normalized spacial score (nSPS) is 15.3. The Kier molecular flexibility index (Phi) is 6.87. The Bertz CT molecular complexity index is 361. The van der Waals surface area contributed by atoms with Gasteiger partial charge in [0, 0.05) is 8.22 Å². The maximum absolute atomic E-state index is 4.38. The van der Waals surface area contributed by atoms with Crippen LogP contribution in [0, 0.1) is 0 Å². The Labute approximate surface area is 131 Å². The predicted molar refractivity (Wildman–Crippen MR) is 106 cm³/mol. The first kappa shape index (κ1) is 20.5. The fourth-order valence-electron chi connectivity index (χ4n) is 2.34. The average molecular weight is 347 g/mol. The molecule has 0 rings (SSSR count). The molecule has 0 saturated heterocycles. The van der Waals surface area contributed by atoms with Gasteiger partial charge in [0.15, 0.2) is 0 Å². The van der Waals surface area contributed by atoms with Crippen LogP contribution < -0.4 is 4.75 Å². The Hall–Kier alpha value is 0.481. The van der Waals surface area contributed by atoms with E-state index in [1.807, 2.05) is 0 Å². The highest BCUT2D eigenvalue weighted by atomic mass is 31.1. The van der Waals surface area contributed by atoms with Crippen molar-refractivity contribution in [2.24, 2.45) is 0 Å². The van der Waals surface area contributed by atoms with Crippen molar-refractivity contribution in [2.45, 2.75) is 65.8 Å². The van der Waals surface area contributed by atoms with Crippen LogP contribution in [0.4, 0.5) is 0 Å². The third kappa shape index (κ3) is 6.50. The lowest BCUT2D eigenvalue weighted by Gasteiger charge is -2.50. The largest absolute Gasteiger partial charge is 0.309 e. The lowest BCUT2D eigenvalue weighted by molar-refractivity contribution is 0.957. The molecule has 0 spiro atoms. The average Bonchev–Trinajstić information content (AvgIpc) is 2.08. The maximum atomic E-state index is 4.38. The van der Waals surface area contributed by atoms with Crippen LogP contribution in [0.25, 0.3) is 0 Å². The van der Waals surface area contributed by atoms with Crippen molar-refractivity contribution < 1.29 is 0 Å². The van der Waals surface area contributed by atoms with Gasteiger partial charge in [-0.25, -0.2) is 0 Å². The summed E-state index contributed by atoms with van der Waals surface area (Å²) in [6, 6.07) is 0. The summed E-state index contributed by atoms with van der Waals surface area (Å²) < 4.78 is 6.85. The molecule has 0 amide bonds. The van der Waals surface area contributed by atoms with Gasteiger partial charge in [0.25, 0.3) is 0 Å². The zero-order valence-electron chi connectivity index (χ0n) is 15.3. The van der Waals surface area contributed by atoms with Gasteiger partial charge in [0.05, 0.1) is 0 Å². The first-order valence-electron chi connectivity index (χ1n) is 7.30. The Morgan fingerprint density at radius 2 is 1.20 bits per heavy atom. The summed E-state index contributed by atoms with van der Waals surface area (Å²) in [7, 11) is -4.71. The van der Waals surface area contributed by atoms with Crippen LogP contribution in [0.3, 0.4) is 0 Å². The number of hydrogen-bond acceptors (Lipinski definition) is 2. The van der Waals surface area contributed by atoms with E-state index in [0.29, 0.717) is 0 Å². The summed E-state index contributed by atoms with van der Waals surface area (Å²) in [6.07, 6.45) is 0. The quantitative estimate of drug-likeness (QED) is 0.357. The predicted octanol–water partition coefficient (Wildman–Crippen LogP) is 5.78. The number of nitrogens with zero attached hydrogens (tertiary/aromatic N) is 1. The smallest absolute Gasteiger partial charge is 0.121 e. The Morgan fingerprint density at radius 3 is 1.40 bits per heavy atom. The Morgan fingerprint density at radius 1 is 0.850 bits per heavy atom. The minimum atomic E-state index is -1.41. The second-order valence-corrected chi connectivity index (χ2v) is 26.3. The third-order valence-corrected chi connectivity index (χ3v) is 18.9. The topological polar surface area (TPSA) is 15.3 Å². The molecule has 0 bridgehead atoms. The van der Waals surface area contributed by atoms with Crippen molar-refractivity contribution in [1.82, 2.24) is 8.75 Å². The summed E-state index contributed by atoms with van der Waals surface area (Å²) in [5, 5.41) is 1.23. The van der Waals surface area contributed by atoms with Gasteiger partial charge >= 0.3 is 0 Å². The van der Waals surface area contributed by atoms with E-state index in [2.05, 4.69) is 87.8 Å². The lowest BCUT2D eigenvalue weighted by Crippen LogP contribution is -2.59. The van der Waals surface area contributed by atoms with Crippen molar-refractivity contribution in [2.75, 3.05) is 0 Å². The molecule has 0 aromatic heterocycles. The van der Waals surface area contributed by atoms with E-state index >= 15 is 0 Å². The monoisotopic (exact) mass is 346 g/mol. The van der Waals surface area contributed by atoms with Crippen molar-refractivity contribution in [1.29, 1.82) is 0 Å². The number of allylic oxidation sites excluding steroid dienone is 2. The molecule has 0 saturated carbocycles. The molecule has 6 heteroatoms. The highest BCUT2D eigenvalue weighted by molar-refractivity contribution is 7.64. The molecule has 1 atom stereocenters. The highest BCUT2D eigenvalue weighted by Gasteiger charge is 2.42. The van der Waals surface area contributed by atoms with Gasteiger partial charge in [-0.15, -0.1) is 0 Å². The molecule has 0 aromatic rings. The number of nitrogens with one attached hydrogen (secondary N) is 1.